The van der Waals surface area contributed by atoms with E-state index < -0.39 is 6.09 Å². The Morgan fingerprint density at radius 2 is 2.45 bits per heavy atom. The number of aromatic amines is 1. The Labute approximate surface area is 120 Å². The molecular weight excluding hydrogens is 280 g/mol. The minimum absolute atomic E-state index is 0.0675. The standard InChI is InChI=1S/C13H15ClN4O2/c14-10-6-16-12-9(3-4-15-12)11(10)17-8-2-1-5-18(7-8)13(19)20/h3-4,6,8H,1-2,5,7H2,(H,19,20)(H2,15,16,17). The lowest BCUT2D eigenvalue weighted by Crippen LogP contribution is -2.44. The third kappa shape index (κ3) is 2.38. The summed E-state index contributed by atoms with van der Waals surface area (Å²) in [6.45, 7) is 1.07. The van der Waals surface area contributed by atoms with Crippen LogP contribution in [0, 0.1) is 0 Å². The summed E-state index contributed by atoms with van der Waals surface area (Å²) in [5, 5.41) is 13.9. The maximum absolute atomic E-state index is 11.0. The van der Waals surface area contributed by atoms with E-state index in [4.69, 9.17) is 16.7 Å². The topological polar surface area (TPSA) is 81.2 Å². The Morgan fingerprint density at radius 3 is 3.25 bits per heavy atom. The van der Waals surface area contributed by atoms with Crippen LogP contribution in [0.25, 0.3) is 11.0 Å². The predicted molar refractivity (Wildman–Crippen MR) is 77.3 cm³/mol. The Morgan fingerprint density at radius 1 is 1.60 bits per heavy atom. The van der Waals surface area contributed by atoms with Crippen molar-refractivity contribution in [2.45, 2.75) is 18.9 Å². The van der Waals surface area contributed by atoms with E-state index in [1.54, 1.807) is 6.20 Å². The van der Waals surface area contributed by atoms with E-state index >= 15 is 0 Å². The molecule has 0 bridgehead atoms. The van der Waals surface area contributed by atoms with E-state index in [2.05, 4.69) is 15.3 Å². The molecule has 0 radical (unpaired) electrons. The van der Waals surface area contributed by atoms with Crippen LogP contribution < -0.4 is 5.32 Å². The van der Waals surface area contributed by atoms with Gasteiger partial charge in [-0.25, -0.2) is 9.78 Å². The van der Waals surface area contributed by atoms with Gasteiger partial charge >= 0.3 is 6.09 Å². The second kappa shape index (κ2) is 5.20. The molecular formula is C13H15ClN4O2. The molecule has 0 aromatic carbocycles. The SMILES string of the molecule is O=C(O)N1CCCC(Nc2c(Cl)cnc3[nH]ccc23)C1. The van der Waals surface area contributed by atoms with Gasteiger partial charge in [0.2, 0.25) is 0 Å². The Hall–Kier alpha value is -1.95. The molecule has 2 aromatic heterocycles. The third-order valence-corrected chi connectivity index (χ3v) is 3.87. The fourth-order valence-corrected chi connectivity index (χ4v) is 2.81. The van der Waals surface area contributed by atoms with Crippen LogP contribution in [-0.2, 0) is 0 Å². The number of pyridine rings is 1. The van der Waals surface area contributed by atoms with Gasteiger partial charge in [-0.2, -0.15) is 0 Å². The summed E-state index contributed by atoms with van der Waals surface area (Å²) in [6.07, 6.45) is 4.31. The molecule has 106 valence electrons. The molecule has 6 nitrogen and oxygen atoms in total. The summed E-state index contributed by atoms with van der Waals surface area (Å²) in [5.41, 5.74) is 1.58. The number of anilines is 1. The number of H-pyrrole nitrogens is 1. The van der Waals surface area contributed by atoms with Crippen LogP contribution >= 0.6 is 11.6 Å². The maximum atomic E-state index is 11.0. The van der Waals surface area contributed by atoms with Gasteiger partial charge in [-0.15, -0.1) is 0 Å². The molecule has 1 saturated heterocycles. The number of piperidine rings is 1. The molecule has 20 heavy (non-hydrogen) atoms. The molecule has 3 N–H and O–H groups in total. The van der Waals surface area contributed by atoms with Gasteiger partial charge in [-0.05, 0) is 18.9 Å². The maximum Gasteiger partial charge on any atom is 0.407 e. The lowest BCUT2D eigenvalue weighted by atomic mass is 10.1. The number of hydrogen-bond donors (Lipinski definition) is 3. The number of likely N-dealkylation sites (tertiary alicyclic amines) is 1. The highest BCUT2D eigenvalue weighted by molar-refractivity contribution is 6.34. The fourth-order valence-electron chi connectivity index (χ4n) is 2.60. The van der Waals surface area contributed by atoms with Crippen LogP contribution in [0.3, 0.4) is 0 Å². The first-order valence-electron chi connectivity index (χ1n) is 6.51. The summed E-state index contributed by atoms with van der Waals surface area (Å²) < 4.78 is 0. The van der Waals surface area contributed by atoms with Gasteiger partial charge in [0, 0.05) is 30.7 Å². The highest BCUT2D eigenvalue weighted by Gasteiger charge is 2.24. The summed E-state index contributed by atoms with van der Waals surface area (Å²) in [5.74, 6) is 0. The van der Waals surface area contributed by atoms with Crippen molar-refractivity contribution in [3.63, 3.8) is 0 Å². The van der Waals surface area contributed by atoms with Crippen LogP contribution in [-0.4, -0.2) is 45.2 Å². The second-order valence-corrected chi connectivity index (χ2v) is 5.34. The van der Waals surface area contributed by atoms with Crippen molar-refractivity contribution in [3.8, 4) is 0 Å². The molecule has 0 spiro atoms. The number of nitrogens with zero attached hydrogens (tertiary/aromatic N) is 2. The van der Waals surface area contributed by atoms with E-state index in [1.807, 2.05) is 12.3 Å². The van der Waals surface area contributed by atoms with Crippen LogP contribution in [0.5, 0.6) is 0 Å². The number of carbonyl (C=O) groups is 1. The number of nitrogens with one attached hydrogen (secondary N) is 2. The average Bonchev–Trinajstić information content (AvgIpc) is 2.91. The number of carboxylic acid groups (broad SMARTS) is 1. The molecule has 1 atom stereocenters. The number of aromatic nitrogens is 2. The molecule has 1 aliphatic rings. The van der Waals surface area contributed by atoms with Crippen molar-refractivity contribution in [3.05, 3.63) is 23.5 Å². The molecule has 1 amide bonds. The molecule has 7 heteroatoms. The van der Waals surface area contributed by atoms with Crippen molar-refractivity contribution < 1.29 is 9.90 Å². The molecule has 3 rings (SSSR count). The number of rotatable bonds is 2. The van der Waals surface area contributed by atoms with Gasteiger partial charge in [0.05, 0.1) is 16.9 Å². The third-order valence-electron chi connectivity index (χ3n) is 3.58. The Balaban J connectivity index is 1.84. The summed E-state index contributed by atoms with van der Waals surface area (Å²) in [7, 11) is 0. The first-order chi connectivity index (χ1) is 9.65. The first-order valence-corrected chi connectivity index (χ1v) is 6.89. The van der Waals surface area contributed by atoms with Crippen molar-refractivity contribution in [2.24, 2.45) is 0 Å². The molecule has 1 aliphatic heterocycles. The predicted octanol–water partition coefficient (Wildman–Crippen LogP) is 2.77. The number of amides is 1. The molecule has 1 unspecified atom stereocenters. The van der Waals surface area contributed by atoms with Crippen molar-refractivity contribution in [1.29, 1.82) is 0 Å². The van der Waals surface area contributed by atoms with Crippen molar-refractivity contribution in [1.82, 2.24) is 14.9 Å². The highest BCUT2D eigenvalue weighted by atomic mass is 35.5. The van der Waals surface area contributed by atoms with Crippen molar-refractivity contribution >= 4 is 34.4 Å². The van der Waals surface area contributed by atoms with Gasteiger partial charge in [0.1, 0.15) is 5.65 Å². The zero-order valence-corrected chi connectivity index (χ0v) is 11.5. The lowest BCUT2D eigenvalue weighted by molar-refractivity contribution is 0.133. The number of halogens is 1. The number of hydrogen-bond acceptors (Lipinski definition) is 3. The van der Waals surface area contributed by atoms with Gasteiger partial charge in [-0.1, -0.05) is 11.6 Å². The molecule has 0 aliphatic carbocycles. The molecule has 2 aromatic rings. The van der Waals surface area contributed by atoms with Gasteiger partial charge in [0.15, 0.2) is 0 Å². The van der Waals surface area contributed by atoms with Gasteiger partial charge in [0.25, 0.3) is 0 Å². The minimum Gasteiger partial charge on any atom is -0.465 e. The Bertz CT molecular complexity index is 642. The molecule has 0 saturated carbocycles. The minimum atomic E-state index is -0.871. The van der Waals surface area contributed by atoms with E-state index in [0.29, 0.717) is 18.1 Å². The average molecular weight is 295 g/mol. The highest BCUT2D eigenvalue weighted by Crippen LogP contribution is 2.30. The van der Waals surface area contributed by atoms with E-state index in [-0.39, 0.29) is 6.04 Å². The first kappa shape index (κ1) is 13.1. The van der Waals surface area contributed by atoms with E-state index in [9.17, 15) is 4.79 Å². The van der Waals surface area contributed by atoms with Crippen molar-refractivity contribution in [2.75, 3.05) is 18.4 Å². The summed E-state index contributed by atoms with van der Waals surface area (Å²) >= 11 is 6.21. The zero-order chi connectivity index (χ0) is 14.1. The quantitative estimate of drug-likeness (QED) is 0.795. The van der Waals surface area contributed by atoms with E-state index in [0.717, 1.165) is 29.6 Å². The largest absolute Gasteiger partial charge is 0.465 e. The monoisotopic (exact) mass is 294 g/mol. The summed E-state index contributed by atoms with van der Waals surface area (Å²) in [6, 6.07) is 1.98. The van der Waals surface area contributed by atoms with E-state index in [1.165, 1.54) is 4.90 Å². The van der Waals surface area contributed by atoms with Crippen LogP contribution in [0.4, 0.5) is 10.5 Å². The van der Waals surface area contributed by atoms with Crippen LogP contribution in [0.1, 0.15) is 12.8 Å². The lowest BCUT2D eigenvalue weighted by Gasteiger charge is -2.32. The molecule has 3 heterocycles. The smallest absolute Gasteiger partial charge is 0.407 e. The summed E-state index contributed by atoms with van der Waals surface area (Å²) in [4.78, 5) is 19.7. The van der Waals surface area contributed by atoms with Gasteiger partial charge in [-0.3, -0.25) is 0 Å². The fraction of sp³-hybridized carbons (Fsp3) is 0.385. The normalized spacial score (nSPS) is 19.2. The number of fused-ring (bicyclic) bond motifs is 1. The Kier molecular flexibility index (Phi) is 3.40. The van der Waals surface area contributed by atoms with Gasteiger partial charge < -0.3 is 20.3 Å². The van der Waals surface area contributed by atoms with Crippen LogP contribution in [0.2, 0.25) is 5.02 Å². The second-order valence-electron chi connectivity index (χ2n) is 4.93. The zero-order valence-electron chi connectivity index (χ0n) is 10.8. The molecule has 1 fully saturated rings. The van der Waals surface area contributed by atoms with Crippen LogP contribution in [0.15, 0.2) is 18.5 Å².